The Morgan fingerprint density at radius 1 is 1.80 bits per heavy atom. The van der Waals surface area contributed by atoms with Crippen molar-refractivity contribution < 1.29 is 9.66 Å². The van der Waals surface area contributed by atoms with Gasteiger partial charge in [0.1, 0.15) is 6.61 Å². The quantitative estimate of drug-likeness (QED) is 0.307. The van der Waals surface area contributed by atoms with Crippen LogP contribution in [0.25, 0.3) is 0 Å². The molecule has 1 rings (SSSR count). The number of ether oxygens (including phenoxy) is 1. The van der Waals surface area contributed by atoms with Gasteiger partial charge >= 0.3 is 0 Å². The molecule has 1 aliphatic rings. The molecule has 0 bridgehead atoms. The number of rotatable bonds is 1. The zero-order valence-electron chi connectivity index (χ0n) is 5.58. The largest absolute Gasteiger partial charge is 0.370 e. The molecule has 1 aliphatic heterocycles. The van der Waals surface area contributed by atoms with Crippen molar-refractivity contribution in [2.75, 3.05) is 13.2 Å². The molecule has 0 radical (unpaired) electrons. The minimum Gasteiger partial charge on any atom is -0.370 e. The van der Waals surface area contributed by atoms with E-state index in [9.17, 15) is 10.1 Å². The zero-order valence-corrected chi connectivity index (χ0v) is 5.58. The fourth-order valence-corrected chi connectivity index (χ4v) is 0.926. The minimum atomic E-state index is -0.568. The topological polar surface area (TPSA) is 52.4 Å². The fourth-order valence-electron chi connectivity index (χ4n) is 0.926. The van der Waals surface area contributed by atoms with Crippen LogP contribution in [-0.2, 0) is 4.74 Å². The fraction of sp³-hybridized carbons (Fsp3) is 0.667. The number of hydrogen-bond acceptors (Lipinski definition) is 3. The van der Waals surface area contributed by atoms with Crippen molar-refractivity contribution in [3.63, 3.8) is 0 Å². The van der Waals surface area contributed by atoms with E-state index in [1.165, 1.54) is 0 Å². The van der Waals surface area contributed by atoms with E-state index in [1.807, 2.05) is 0 Å². The van der Waals surface area contributed by atoms with E-state index in [0.717, 1.165) is 5.57 Å². The van der Waals surface area contributed by atoms with Crippen molar-refractivity contribution >= 4 is 0 Å². The highest BCUT2D eigenvalue weighted by atomic mass is 16.6. The molecule has 4 nitrogen and oxygen atoms in total. The van der Waals surface area contributed by atoms with Gasteiger partial charge in [0.25, 0.3) is 0 Å². The minimum absolute atomic E-state index is 0.228. The zero-order chi connectivity index (χ0) is 7.56. The van der Waals surface area contributed by atoms with Crippen LogP contribution >= 0.6 is 0 Å². The number of hydrogen-bond donors (Lipinski definition) is 0. The van der Waals surface area contributed by atoms with Gasteiger partial charge in [0, 0.05) is 11.3 Å². The van der Waals surface area contributed by atoms with E-state index >= 15 is 0 Å². The Labute approximate surface area is 58.6 Å². The Morgan fingerprint density at radius 2 is 2.50 bits per heavy atom. The van der Waals surface area contributed by atoms with Crippen molar-refractivity contribution in [3.8, 4) is 0 Å². The van der Waals surface area contributed by atoms with Crippen LogP contribution in [0, 0.1) is 10.1 Å². The predicted molar refractivity (Wildman–Crippen MR) is 35.4 cm³/mol. The summed E-state index contributed by atoms with van der Waals surface area (Å²) in [6.45, 7) is 4.32. The molecule has 10 heavy (non-hydrogen) atoms. The average molecular weight is 143 g/mol. The van der Waals surface area contributed by atoms with Crippen LogP contribution in [0.2, 0.25) is 0 Å². The van der Waals surface area contributed by atoms with Crippen LogP contribution in [0.15, 0.2) is 12.2 Å². The predicted octanol–water partition coefficient (Wildman–Crippen LogP) is 0.608. The molecule has 1 saturated heterocycles. The van der Waals surface area contributed by atoms with Gasteiger partial charge in [-0.2, -0.15) is 0 Å². The van der Waals surface area contributed by atoms with E-state index in [1.54, 1.807) is 0 Å². The van der Waals surface area contributed by atoms with Crippen LogP contribution in [0.4, 0.5) is 0 Å². The first-order valence-electron chi connectivity index (χ1n) is 3.08. The molecule has 1 fully saturated rings. The van der Waals surface area contributed by atoms with Crippen LogP contribution in [-0.4, -0.2) is 24.2 Å². The summed E-state index contributed by atoms with van der Waals surface area (Å²) in [5.41, 5.74) is 0.813. The molecule has 0 aromatic heterocycles. The first-order valence-corrected chi connectivity index (χ1v) is 3.08. The Morgan fingerprint density at radius 3 is 2.90 bits per heavy atom. The van der Waals surface area contributed by atoms with E-state index in [-0.39, 0.29) is 11.5 Å². The summed E-state index contributed by atoms with van der Waals surface area (Å²) in [5.74, 6) is 0. The molecule has 1 atom stereocenters. The maximum Gasteiger partial charge on any atom is 0.239 e. The van der Waals surface area contributed by atoms with Gasteiger partial charge in [-0.3, -0.25) is 10.1 Å². The second kappa shape index (κ2) is 2.79. The van der Waals surface area contributed by atoms with Crippen LogP contribution in [0.1, 0.15) is 6.42 Å². The third kappa shape index (κ3) is 1.54. The van der Waals surface area contributed by atoms with Crippen molar-refractivity contribution in [2.24, 2.45) is 0 Å². The van der Waals surface area contributed by atoms with E-state index < -0.39 is 6.04 Å². The van der Waals surface area contributed by atoms with Gasteiger partial charge in [-0.25, -0.2) is 0 Å². The molecule has 0 aromatic rings. The van der Waals surface area contributed by atoms with Crippen molar-refractivity contribution in [2.45, 2.75) is 12.5 Å². The number of nitrogens with zero attached hydrogens (tertiary/aromatic N) is 1. The molecular weight excluding hydrogens is 134 g/mol. The molecule has 0 amide bonds. The molecule has 0 aliphatic carbocycles. The monoisotopic (exact) mass is 143 g/mol. The first-order chi connectivity index (χ1) is 4.70. The van der Waals surface area contributed by atoms with Crippen LogP contribution in [0.5, 0.6) is 0 Å². The lowest BCUT2D eigenvalue weighted by Crippen LogP contribution is -2.30. The molecule has 0 N–H and O–H groups in total. The van der Waals surface area contributed by atoms with Gasteiger partial charge in [0.05, 0.1) is 6.61 Å². The molecule has 56 valence electrons. The van der Waals surface area contributed by atoms with E-state index in [4.69, 9.17) is 4.74 Å². The highest BCUT2D eigenvalue weighted by Gasteiger charge is 2.25. The summed E-state index contributed by atoms with van der Waals surface area (Å²) in [4.78, 5) is 9.87. The van der Waals surface area contributed by atoms with Gasteiger partial charge in [-0.05, 0) is 5.57 Å². The van der Waals surface area contributed by atoms with Gasteiger partial charge in [0.2, 0.25) is 6.04 Å². The highest BCUT2D eigenvalue weighted by Crippen LogP contribution is 2.12. The molecule has 4 heteroatoms. The lowest BCUT2D eigenvalue weighted by Gasteiger charge is -2.16. The Balaban J connectivity index is 2.47. The molecule has 0 unspecified atom stereocenters. The smallest absolute Gasteiger partial charge is 0.239 e. The second-order valence-electron chi connectivity index (χ2n) is 2.41. The normalized spacial score (nSPS) is 26.4. The second-order valence-corrected chi connectivity index (χ2v) is 2.41. The van der Waals surface area contributed by atoms with Crippen molar-refractivity contribution in [1.29, 1.82) is 0 Å². The van der Waals surface area contributed by atoms with Gasteiger partial charge in [-0.1, -0.05) is 6.58 Å². The van der Waals surface area contributed by atoms with E-state index in [2.05, 4.69) is 6.58 Å². The summed E-state index contributed by atoms with van der Waals surface area (Å²) < 4.78 is 4.91. The van der Waals surface area contributed by atoms with E-state index in [0.29, 0.717) is 13.0 Å². The van der Waals surface area contributed by atoms with Crippen molar-refractivity contribution in [3.05, 3.63) is 22.3 Å². The highest BCUT2D eigenvalue weighted by molar-refractivity contribution is 4.98. The third-order valence-electron chi connectivity index (χ3n) is 1.44. The van der Waals surface area contributed by atoms with Gasteiger partial charge in [-0.15, -0.1) is 0 Å². The summed E-state index contributed by atoms with van der Waals surface area (Å²) in [6, 6.07) is -0.568. The maximum absolute atomic E-state index is 10.2. The van der Waals surface area contributed by atoms with Crippen molar-refractivity contribution in [1.82, 2.24) is 0 Å². The summed E-state index contributed by atoms with van der Waals surface area (Å²) >= 11 is 0. The summed E-state index contributed by atoms with van der Waals surface area (Å²) in [7, 11) is 0. The summed E-state index contributed by atoms with van der Waals surface area (Å²) in [6.07, 6.45) is 0.465. The Hall–Kier alpha value is -0.900. The standard InChI is InChI=1S/C6H9NO3/c1-5-2-6(7(8)9)4-10-3-5/h6H,1-4H2/t6-/m0/s1. The van der Waals surface area contributed by atoms with Crippen LogP contribution in [0.3, 0.4) is 0 Å². The molecule has 1 heterocycles. The molecule has 0 spiro atoms. The molecular formula is C6H9NO3. The molecule has 0 saturated carbocycles. The van der Waals surface area contributed by atoms with Gasteiger partial charge < -0.3 is 4.74 Å². The maximum atomic E-state index is 10.2. The lowest BCUT2D eigenvalue weighted by atomic mass is 10.1. The molecule has 0 aromatic carbocycles. The SMILES string of the molecule is C=C1COC[C@@H]([N+](=O)[O-])C1. The Bertz CT molecular complexity index is 164. The van der Waals surface area contributed by atoms with Gasteiger partial charge in [0.15, 0.2) is 0 Å². The average Bonchev–Trinajstić information content (AvgIpc) is 1.88. The van der Waals surface area contributed by atoms with Crippen LogP contribution < -0.4 is 0 Å². The first kappa shape index (κ1) is 7.21. The lowest BCUT2D eigenvalue weighted by molar-refractivity contribution is -0.528. The Kier molecular flexibility index (Phi) is 2.01. The third-order valence-corrected chi connectivity index (χ3v) is 1.44. The summed E-state index contributed by atoms with van der Waals surface area (Å²) in [5, 5.41) is 10.2. The number of nitro groups is 1.